The minimum Gasteiger partial charge on any atom is -0.327 e. The van der Waals surface area contributed by atoms with E-state index >= 15 is 0 Å². The molecule has 0 saturated carbocycles. The zero-order valence-electron chi connectivity index (χ0n) is 13.9. The van der Waals surface area contributed by atoms with Crippen molar-refractivity contribution in [3.63, 3.8) is 0 Å². The van der Waals surface area contributed by atoms with Crippen LogP contribution in [0.4, 0.5) is 5.13 Å². The second-order valence-electron chi connectivity index (χ2n) is 6.43. The Labute approximate surface area is 151 Å². The molecule has 1 aromatic heterocycles. The Morgan fingerprint density at radius 3 is 2.88 bits per heavy atom. The molecule has 24 heavy (non-hydrogen) atoms. The lowest BCUT2D eigenvalue weighted by molar-refractivity contribution is -0.896. The maximum absolute atomic E-state index is 12.1. The van der Waals surface area contributed by atoms with Crippen molar-refractivity contribution in [1.82, 2.24) is 4.98 Å². The van der Waals surface area contributed by atoms with Crippen molar-refractivity contribution < 1.29 is 9.69 Å². The van der Waals surface area contributed by atoms with Gasteiger partial charge in [-0.3, -0.25) is 10.1 Å². The summed E-state index contributed by atoms with van der Waals surface area (Å²) in [5.41, 5.74) is 2.24. The summed E-state index contributed by atoms with van der Waals surface area (Å²) in [5, 5.41) is 4.41. The van der Waals surface area contributed by atoms with E-state index in [1.165, 1.54) is 35.5 Å². The fourth-order valence-electron chi connectivity index (χ4n) is 3.01. The Morgan fingerprint density at radius 1 is 1.33 bits per heavy atom. The summed E-state index contributed by atoms with van der Waals surface area (Å²) in [4.78, 5) is 19.0. The number of thiazole rings is 1. The fraction of sp³-hybridized carbons (Fsp3) is 0.444. The quantitative estimate of drug-likeness (QED) is 0.856. The molecular formula is C18H23ClN3OS+. The van der Waals surface area contributed by atoms with Crippen LogP contribution < -0.4 is 10.2 Å². The summed E-state index contributed by atoms with van der Waals surface area (Å²) < 4.78 is 0. The summed E-state index contributed by atoms with van der Waals surface area (Å²) in [7, 11) is 0. The molecule has 2 N–H and O–H groups in total. The second kappa shape index (κ2) is 8.10. The molecule has 1 fully saturated rings. The van der Waals surface area contributed by atoms with Crippen molar-refractivity contribution in [2.24, 2.45) is 0 Å². The van der Waals surface area contributed by atoms with Gasteiger partial charge in [0.05, 0.1) is 13.1 Å². The molecule has 2 aromatic rings. The molecule has 0 aliphatic carbocycles. The lowest BCUT2D eigenvalue weighted by atomic mass is 10.1. The number of piperidine rings is 1. The normalized spacial score (nSPS) is 15.4. The first kappa shape index (κ1) is 17.4. The van der Waals surface area contributed by atoms with Crippen LogP contribution in [0.2, 0.25) is 5.02 Å². The number of nitrogens with one attached hydrogen (secondary N) is 2. The third-order valence-electron chi connectivity index (χ3n) is 4.39. The zero-order valence-corrected chi connectivity index (χ0v) is 15.5. The smallest absolute Gasteiger partial charge is 0.281 e. The third kappa shape index (κ3) is 4.79. The van der Waals surface area contributed by atoms with Crippen molar-refractivity contribution in [2.75, 3.05) is 25.0 Å². The largest absolute Gasteiger partial charge is 0.327 e. The summed E-state index contributed by atoms with van der Waals surface area (Å²) in [6.45, 7) is 4.74. The number of nitrogens with zero attached hydrogens (tertiary/aromatic N) is 1. The maximum Gasteiger partial charge on any atom is 0.281 e. The number of carbonyl (C=O) groups is 1. The van der Waals surface area contributed by atoms with Crippen LogP contribution in [0.25, 0.3) is 0 Å². The summed E-state index contributed by atoms with van der Waals surface area (Å²) >= 11 is 7.71. The minimum atomic E-state index is 0.0613. The van der Waals surface area contributed by atoms with E-state index in [1.54, 1.807) is 0 Å². The Balaban J connectivity index is 1.54. The van der Waals surface area contributed by atoms with Crippen molar-refractivity contribution in [3.05, 3.63) is 45.4 Å². The number of quaternary nitrogens is 1. The Kier molecular flexibility index (Phi) is 5.87. The number of halogens is 1. The lowest BCUT2D eigenvalue weighted by Crippen LogP contribution is -3.13. The molecule has 1 aromatic carbocycles. The molecule has 0 atom stereocenters. The molecule has 1 aliphatic rings. The second-order valence-corrected chi connectivity index (χ2v) is 7.95. The van der Waals surface area contributed by atoms with Gasteiger partial charge in [0.2, 0.25) is 0 Å². The number of hydrogen-bond acceptors (Lipinski definition) is 3. The molecule has 128 valence electrons. The van der Waals surface area contributed by atoms with Crippen LogP contribution in [0.1, 0.15) is 35.3 Å². The van der Waals surface area contributed by atoms with Gasteiger partial charge in [0.15, 0.2) is 11.7 Å². The SMILES string of the molecule is Cc1ccc(Cc2cnc(NC(=O)C[NH+]3CCCCC3)s2)cc1Cl. The molecule has 1 aliphatic heterocycles. The Hall–Kier alpha value is -1.43. The lowest BCUT2D eigenvalue weighted by Gasteiger charge is -2.22. The van der Waals surface area contributed by atoms with Gasteiger partial charge in [0, 0.05) is 22.5 Å². The van der Waals surface area contributed by atoms with E-state index in [-0.39, 0.29) is 5.91 Å². The number of rotatable bonds is 5. The van der Waals surface area contributed by atoms with Crippen LogP contribution in [-0.4, -0.2) is 30.5 Å². The van der Waals surface area contributed by atoms with Crippen LogP contribution in [0.15, 0.2) is 24.4 Å². The summed E-state index contributed by atoms with van der Waals surface area (Å²) in [5.74, 6) is 0.0613. The molecule has 0 radical (unpaired) electrons. The number of likely N-dealkylation sites (tertiary alicyclic amines) is 1. The van der Waals surface area contributed by atoms with Gasteiger partial charge in [-0.25, -0.2) is 4.98 Å². The van der Waals surface area contributed by atoms with E-state index in [9.17, 15) is 4.79 Å². The average molecular weight is 365 g/mol. The van der Waals surface area contributed by atoms with Crippen LogP contribution in [0, 0.1) is 6.92 Å². The van der Waals surface area contributed by atoms with E-state index < -0.39 is 0 Å². The van der Waals surface area contributed by atoms with Crippen molar-refractivity contribution >= 4 is 34.0 Å². The Bertz CT molecular complexity index is 710. The molecule has 2 heterocycles. The predicted octanol–water partition coefficient (Wildman–Crippen LogP) is 2.70. The highest BCUT2D eigenvalue weighted by molar-refractivity contribution is 7.15. The van der Waals surface area contributed by atoms with Gasteiger partial charge in [0.25, 0.3) is 5.91 Å². The van der Waals surface area contributed by atoms with Gasteiger partial charge in [-0.1, -0.05) is 23.7 Å². The molecule has 1 amide bonds. The first-order valence-electron chi connectivity index (χ1n) is 8.43. The van der Waals surface area contributed by atoms with Crippen molar-refractivity contribution in [3.8, 4) is 0 Å². The average Bonchev–Trinajstić information content (AvgIpc) is 2.98. The predicted molar refractivity (Wildman–Crippen MR) is 99.2 cm³/mol. The van der Waals surface area contributed by atoms with Crippen molar-refractivity contribution in [2.45, 2.75) is 32.6 Å². The maximum atomic E-state index is 12.1. The monoisotopic (exact) mass is 364 g/mol. The molecular weight excluding hydrogens is 342 g/mol. The molecule has 3 rings (SSSR count). The van der Waals surface area contributed by atoms with E-state index in [1.807, 2.05) is 25.3 Å². The number of benzene rings is 1. The highest BCUT2D eigenvalue weighted by Crippen LogP contribution is 2.23. The molecule has 0 unspecified atom stereocenters. The van der Waals surface area contributed by atoms with E-state index in [2.05, 4.69) is 16.4 Å². The van der Waals surface area contributed by atoms with Crippen LogP contribution >= 0.6 is 22.9 Å². The molecule has 4 nitrogen and oxygen atoms in total. The standard InChI is InChI=1S/C18H22ClN3OS/c1-13-5-6-14(10-16(13)19)9-15-11-20-18(24-15)21-17(23)12-22-7-3-2-4-8-22/h5-6,10-11H,2-4,7-9,12H2,1H3,(H,20,21,23)/p+1. The van der Waals surface area contributed by atoms with Crippen LogP contribution in [0.5, 0.6) is 0 Å². The third-order valence-corrected chi connectivity index (χ3v) is 5.71. The first-order chi connectivity index (χ1) is 11.6. The van der Waals surface area contributed by atoms with Crippen LogP contribution in [0.3, 0.4) is 0 Å². The molecule has 6 heteroatoms. The molecule has 1 saturated heterocycles. The van der Waals surface area contributed by atoms with E-state index in [4.69, 9.17) is 11.6 Å². The number of aromatic nitrogens is 1. The number of aryl methyl sites for hydroxylation is 1. The van der Waals surface area contributed by atoms with E-state index in [0.29, 0.717) is 11.7 Å². The van der Waals surface area contributed by atoms with Gasteiger partial charge in [-0.15, -0.1) is 11.3 Å². The van der Waals surface area contributed by atoms with Crippen LogP contribution in [-0.2, 0) is 11.2 Å². The van der Waals surface area contributed by atoms with Gasteiger partial charge in [-0.05, 0) is 43.4 Å². The summed E-state index contributed by atoms with van der Waals surface area (Å²) in [6, 6.07) is 6.11. The first-order valence-corrected chi connectivity index (χ1v) is 9.63. The number of anilines is 1. The Morgan fingerprint density at radius 2 is 2.12 bits per heavy atom. The van der Waals surface area contributed by atoms with Gasteiger partial charge in [-0.2, -0.15) is 0 Å². The van der Waals surface area contributed by atoms with Gasteiger partial charge in [0.1, 0.15) is 0 Å². The zero-order chi connectivity index (χ0) is 16.9. The number of hydrogen-bond donors (Lipinski definition) is 2. The fourth-order valence-corrected chi connectivity index (χ4v) is 4.08. The highest BCUT2D eigenvalue weighted by atomic mass is 35.5. The van der Waals surface area contributed by atoms with Gasteiger partial charge < -0.3 is 4.90 Å². The number of amides is 1. The van der Waals surface area contributed by atoms with E-state index in [0.717, 1.165) is 40.5 Å². The molecule has 0 bridgehead atoms. The van der Waals surface area contributed by atoms with Crippen molar-refractivity contribution in [1.29, 1.82) is 0 Å². The highest BCUT2D eigenvalue weighted by Gasteiger charge is 2.18. The molecule has 0 spiro atoms. The number of carbonyl (C=O) groups excluding carboxylic acids is 1. The topological polar surface area (TPSA) is 46.4 Å². The summed E-state index contributed by atoms with van der Waals surface area (Å²) in [6.07, 6.45) is 6.36. The van der Waals surface area contributed by atoms with Gasteiger partial charge >= 0.3 is 0 Å². The minimum absolute atomic E-state index is 0.0613.